The first kappa shape index (κ1) is 12.6. The standard InChI is InChI=1S/C11H17N3O2/c1-4-9(12)8(3)11-10(14(15)16)5-7(2)6-13-11/h5-6,8-9H,4,12H2,1-3H3. The van der Waals surface area contributed by atoms with Gasteiger partial charge in [-0.1, -0.05) is 13.8 Å². The molecule has 0 radical (unpaired) electrons. The second kappa shape index (κ2) is 5.03. The van der Waals surface area contributed by atoms with Crippen molar-refractivity contribution in [2.45, 2.75) is 39.2 Å². The lowest BCUT2D eigenvalue weighted by atomic mass is 9.95. The number of nitrogens with two attached hydrogens (primary N) is 1. The van der Waals surface area contributed by atoms with Crippen LogP contribution < -0.4 is 5.73 Å². The number of aromatic nitrogens is 1. The fraction of sp³-hybridized carbons (Fsp3) is 0.545. The van der Waals surface area contributed by atoms with Crippen molar-refractivity contribution in [1.82, 2.24) is 4.98 Å². The third-order valence-electron chi connectivity index (χ3n) is 2.78. The van der Waals surface area contributed by atoms with E-state index in [1.54, 1.807) is 19.2 Å². The van der Waals surface area contributed by atoms with E-state index in [-0.39, 0.29) is 17.6 Å². The van der Waals surface area contributed by atoms with Crippen LogP contribution in [0, 0.1) is 17.0 Å². The molecule has 0 aromatic carbocycles. The molecule has 5 nitrogen and oxygen atoms in total. The molecule has 2 unspecified atom stereocenters. The van der Waals surface area contributed by atoms with Gasteiger partial charge in [0.05, 0.1) is 4.92 Å². The quantitative estimate of drug-likeness (QED) is 0.626. The van der Waals surface area contributed by atoms with E-state index in [9.17, 15) is 10.1 Å². The maximum Gasteiger partial charge on any atom is 0.291 e. The molecule has 5 heteroatoms. The number of hydrogen-bond donors (Lipinski definition) is 1. The van der Waals surface area contributed by atoms with Crippen LogP contribution in [0.15, 0.2) is 12.3 Å². The van der Waals surface area contributed by atoms with Gasteiger partial charge in [-0.3, -0.25) is 15.1 Å². The molecule has 2 N–H and O–H groups in total. The van der Waals surface area contributed by atoms with E-state index in [0.29, 0.717) is 5.69 Å². The van der Waals surface area contributed by atoms with Crippen LogP contribution in [0.1, 0.15) is 37.4 Å². The summed E-state index contributed by atoms with van der Waals surface area (Å²) in [5.41, 5.74) is 7.22. The molecule has 0 amide bonds. The summed E-state index contributed by atoms with van der Waals surface area (Å²) in [6, 6.07) is 1.44. The van der Waals surface area contributed by atoms with Gasteiger partial charge in [0.25, 0.3) is 5.69 Å². The van der Waals surface area contributed by atoms with Crippen molar-refractivity contribution in [3.05, 3.63) is 33.6 Å². The average molecular weight is 223 g/mol. The van der Waals surface area contributed by atoms with Crippen molar-refractivity contribution in [3.63, 3.8) is 0 Å². The second-order valence-corrected chi connectivity index (χ2v) is 4.03. The molecule has 0 aliphatic rings. The SMILES string of the molecule is CCC(N)C(C)c1ncc(C)cc1[N+](=O)[O-]. The summed E-state index contributed by atoms with van der Waals surface area (Å²) >= 11 is 0. The first-order valence-corrected chi connectivity index (χ1v) is 5.33. The van der Waals surface area contributed by atoms with E-state index in [1.807, 2.05) is 13.8 Å². The number of hydrogen-bond acceptors (Lipinski definition) is 4. The Morgan fingerprint density at radius 3 is 2.75 bits per heavy atom. The fourth-order valence-electron chi connectivity index (χ4n) is 1.62. The normalized spacial score (nSPS) is 14.5. The van der Waals surface area contributed by atoms with E-state index >= 15 is 0 Å². The minimum Gasteiger partial charge on any atom is -0.327 e. The molecule has 88 valence electrons. The van der Waals surface area contributed by atoms with Gasteiger partial charge in [-0.2, -0.15) is 0 Å². The van der Waals surface area contributed by atoms with Gasteiger partial charge in [-0.25, -0.2) is 0 Å². The summed E-state index contributed by atoms with van der Waals surface area (Å²) in [5, 5.41) is 10.9. The minimum absolute atomic E-state index is 0.0661. The predicted octanol–water partition coefficient (Wildman–Crippen LogP) is 2.14. The fourth-order valence-corrected chi connectivity index (χ4v) is 1.62. The van der Waals surface area contributed by atoms with Gasteiger partial charge in [0.15, 0.2) is 0 Å². The summed E-state index contributed by atoms with van der Waals surface area (Å²) in [6.07, 6.45) is 2.41. The molecule has 1 rings (SSSR count). The molecular formula is C11H17N3O2. The monoisotopic (exact) mass is 223 g/mol. The molecule has 16 heavy (non-hydrogen) atoms. The molecule has 0 fully saturated rings. The van der Waals surface area contributed by atoms with E-state index in [2.05, 4.69) is 4.98 Å². The van der Waals surface area contributed by atoms with Crippen molar-refractivity contribution in [1.29, 1.82) is 0 Å². The maximum absolute atomic E-state index is 10.9. The molecular weight excluding hydrogens is 206 g/mol. The van der Waals surface area contributed by atoms with Crippen molar-refractivity contribution >= 4 is 5.69 Å². The van der Waals surface area contributed by atoms with Gasteiger partial charge < -0.3 is 5.73 Å². The number of aryl methyl sites for hydroxylation is 1. The summed E-state index contributed by atoms with van der Waals surface area (Å²) < 4.78 is 0. The number of pyridine rings is 1. The first-order chi connectivity index (χ1) is 7.47. The number of nitro groups is 1. The third kappa shape index (κ3) is 2.55. The smallest absolute Gasteiger partial charge is 0.291 e. The van der Waals surface area contributed by atoms with Crippen LogP contribution in [-0.4, -0.2) is 15.9 Å². The van der Waals surface area contributed by atoms with Gasteiger partial charge in [-0.05, 0) is 18.9 Å². The molecule has 0 saturated heterocycles. The zero-order chi connectivity index (χ0) is 12.3. The lowest BCUT2D eigenvalue weighted by Crippen LogP contribution is -2.26. The Balaban J connectivity index is 3.17. The molecule has 2 atom stereocenters. The molecule has 1 heterocycles. The highest BCUT2D eigenvalue weighted by atomic mass is 16.6. The highest BCUT2D eigenvalue weighted by Crippen LogP contribution is 2.27. The zero-order valence-corrected chi connectivity index (χ0v) is 9.80. The second-order valence-electron chi connectivity index (χ2n) is 4.03. The number of rotatable bonds is 4. The van der Waals surface area contributed by atoms with Crippen molar-refractivity contribution in [2.75, 3.05) is 0 Å². The van der Waals surface area contributed by atoms with Gasteiger partial charge in [0.2, 0.25) is 0 Å². The maximum atomic E-state index is 10.9. The average Bonchev–Trinajstić information content (AvgIpc) is 2.26. The van der Waals surface area contributed by atoms with Crippen LogP contribution in [0.2, 0.25) is 0 Å². The molecule has 0 aliphatic carbocycles. The highest BCUT2D eigenvalue weighted by molar-refractivity contribution is 5.40. The van der Waals surface area contributed by atoms with Crippen LogP contribution in [0.3, 0.4) is 0 Å². The van der Waals surface area contributed by atoms with Crippen molar-refractivity contribution < 1.29 is 4.92 Å². The van der Waals surface area contributed by atoms with Crippen LogP contribution in [0.4, 0.5) is 5.69 Å². The zero-order valence-electron chi connectivity index (χ0n) is 9.80. The van der Waals surface area contributed by atoms with E-state index in [4.69, 9.17) is 5.73 Å². The number of nitrogens with zero attached hydrogens (tertiary/aromatic N) is 2. The largest absolute Gasteiger partial charge is 0.327 e. The third-order valence-corrected chi connectivity index (χ3v) is 2.78. The van der Waals surface area contributed by atoms with E-state index in [0.717, 1.165) is 12.0 Å². The predicted molar refractivity (Wildman–Crippen MR) is 62.3 cm³/mol. The molecule has 1 aromatic rings. The Bertz CT molecular complexity index is 393. The molecule has 1 aromatic heterocycles. The van der Waals surface area contributed by atoms with Gasteiger partial charge in [-0.15, -0.1) is 0 Å². The summed E-state index contributed by atoms with van der Waals surface area (Å²) in [5.74, 6) is -0.106. The summed E-state index contributed by atoms with van der Waals surface area (Å²) in [7, 11) is 0. The first-order valence-electron chi connectivity index (χ1n) is 5.33. The van der Waals surface area contributed by atoms with Crippen molar-refractivity contribution in [3.8, 4) is 0 Å². The van der Waals surface area contributed by atoms with Gasteiger partial charge in [0, 0.05) is 24.2 Å². The Morgan fingerprint density at radius 1 is 1.62 bits per heavy atom. The van der Waals surface area contributed by atoms with Crippen LogP contribution in [0.25, 0.3) is 0 Å². The Hall–Kier alpha value is -1.49. The topological polar surface area (TPSA) is 82.0 Å². The lowest BCUT2D eigenvalue weighted by molar-refractivity contribution is -0.386. The minimum atomic E-state index is -0.395. The Kier molecular flexibility index (Phi) is 3.95. The Morgan fingerprint density at radius 2 is 2.25 bits per heavy atom. The molecule has 0 spiro atoms. The van der Waals surface area contributed by atoms with E-state index in [1.165, 1.54) is 0 Å². The Labute approximate surface area is 94.8 Å². The lowest BCUT2D eigenvalue weighted by Gasteiger charge is -2.17. The van der Waals surface area contributed by atoms with Gasteiger partial charge in [0.1, 0.15) is 5.69 Å². The molecule has 0 saturated carbocycles. The van der Waals surface area contributed by atoms with Crippen LogP contribution in [-0.2, 0) is 0 Å². The van der Waals surface area contributed by atoms with Crippen LogP contribution >= 0.6 is 0 Å². The summed E-state index contributed by atoms with van der Waals surface area (Å²) in [6.45, 7) is 5.62. The van der Waals surface area contributed by atoms with E-state index < -0.39 is 4.92 Å². The van der Waals surface area contributed by atoms with Crippen LogP contribution in [0.5, 0.6) is 0 Å². The molecule has 0 bridgehead atoms. The van der Waals surface area contributed by atoms with Crippen molar-refractivity contribution in [2.24, 2.45) is 5.73 Å². The van der Waals surface area contributed by atoms with Gasteiger partial charge >= 0.3 is 0 Å². The molecule has 0 aliphatic heterocycles. The summed E-state index contributed by atoms with van der Waals surface area (Å²) in [4.78, 5) is 14.7. The highest BCUT2D eigenvalue weighted by Gasteiger charge is 2.24.